The summed E-state index contributed by atoms with van der Waals surface area (Å²) in [7, 11) is 0. The van der Waals surface area contributed by atoms with Gasteiger partial charge in [0, 0.05) is 6.20 Å². The fourth-order valence-corrected chi connectivity index (χ4v) is 2.51. The number of ether oxygens (including phenoxy) is 3. The molecule has 3 rings (SSSR count). The van der Waals surface area contributed by atoms with Gasteiger partial charge in [-0.1, -0.05) is 0 Å². The minimum Gasteiger partial charge on any atom is -0.482 e. The largest absolute Gasteiger partial charge is 0.482 e. The summed E-state index contributed by atoms with van der Waals surface area (Å²) in [6.45, 7) is 0.733. The Morgan fingerprint density at radius 1 is 1.35 bits per heavy atom. The van der Waals surface area contributed by atoms with E-state index in [1.807, 2.05) is 6.07 Å². The van der Waals surface area contributed by atoms with Crippen LogP contribution in [-0.2, 0) is 9.47 Å². The van der Waals surface area contributed by atoms with Crippen molar-refractivity contribution in [3.63, 3.8) is 0 Å². The van der Waals surface area contributed by atoms with Gasteiger partial charge >= 0.3 is 0 Å². The summed E-state index contributed by atoms with van der Waals surface area (Å²) >= 11 is 3.32. The van der Waals surface area contributed by atoms with Crippen molar-refractivity contribution in [1.29, 1.82) is 0 Å². The molecular weight excluding hydrogens is 290 g/mol. The first-order valence-corrected chi connectivity index (χ1v) is 6.23. The van der Waals surface area contributed by atoms with E-state index in [1.165, 1.54) is 0 Å². The normalized spacial score (nSPS) is 35.9. The van der Waals surface area contributed by atoms with E-state index in [1.54, 1.807) is 12.3 Å². The Bertz CT molecular complexity index is 416. The monoisotopic (exact) mass is 301 g/mol. The van der Waals surface area contributed by atoms with E-state index in [0.717, 1.165) is 0 Å². The first kappa shape index (κ1) is 11.4. The molecule has 0 aliphatic carbocycles. The second-order valence-electron chi connectivity index (χ2n) is 4.11. The molecule has 0 spiro atoms. The van der Waals surface area contributed by atoms with Crippen molar-refractivity contribution in [3.05, 3.63) is 22.9 Å². The van der Waals surface area contributed by atoms with Gasteiger partial charge in [-0.25, -0.2) is 4.98 Å². The lowest BCUT2D eigenvalue weighted by atomic mass is 10.1. The molecule has 17 heavy (non-hydrogen) atoms. The second kappa shape index (κ2) is 4.53. The molecule has 0 radical (unpaired) electrons. The van der Waals surface area contributed by atoms with Gasteiger partial charge in [-0.3, -0.25) is 0 Å². The highest BCUT2D eigenvalue weighted by atomic mass is 79.9. The second-order valence-corrected chi connectivity index (χ2v) is 4.86. The molecule has 1 aromatic heterocycles. The van der Waals surface area contributed by atoms with Gasteiger partial charge in [-0.05, 0) is 28.1 Å². The summed E-state index contributed by atoms with van der Waals surface area (Å²) in [5.41, 5.74) is 0. The van der Waals surface area contributed by atoms with Crippen LogP contribution in [0.15, 0.2) is 22.9 Å². The molecule has 3 heterocycles. The summed E-state index contributed by atoms with van der Waals surface area (Å²) in [4.78, 5) is 4.08. The summed E-state index contributed by atoms with van der Waals surface area (Å²) in [5, 5.41) is 9.61. The molecule has 5 nitrogen and oxygen atoms in total. The van der Waals surface area contributed by atoms with Crippen LogP contribution in [0.4, 0.5) is 0 Å². The number of aromatic nitrogens is 1. The maximum atomic E-state index is 9.61. The smallest absolute Gasteiger partial charge is 0.152 e. The van der Waals surface area contributed by atoms with E-state index in [4.69, 9.17) is 14.2 Å². The van der Waals surface area contributed by atoms with Crippen molar-refractivity contribution in [2.75, 3.05) is 13.2 Å². The highest BCUT2D eigenvalue weighted by molar-refractivity contribution is 9.10. The summed E-state index contributed by atoms with van der Waals surface area (Å²) in [6.07, 6.45) is 0.469. The Balaban J connectivity index is 1.73. The predicted octanol–water partition coefficient (Wildman–Crippen LogP) is 0.750. The van der Waals surface area contributed by atoms with E-state index >= 15 is 0 Å². The van der Waals surface area contributed by atoms with Gasteiger partial charge in [0.05, 0.1) is 13.2 Å². The zero-order valence-electron chi connectivity index (χ0n) is 8.95. The molecule has 2 aliphatic heterocycles. The van der Waals surface area contributed by atoms with Crippen LogP contribution in [0, 0.1) is 0 Å². The molecule has 0 unspecified atom stereocenters. The molecule has 4 atom stereocenters. The molecule has 1 aromatic rings. The number of halogens is 1. The number of aliphatic hydroxyl groups is 1. The number of nitrogens with zero attached hydrogens (tertiary/aromatic N) is 1. The maximum Gasteiger partial charge on any atom is 0.152 e. The number of rotatable bonds is 2. The lowest BCUT2D eigenvalue weighted by Crippen LogP contribution is -2.34. The average Bonchev–Trinajstić information content (AvgIpc) is 2.87. The SMILES string of the molecule is O[C@H]1CO[C@H]2[C@@H]1OC[C@H]2Oc1cccnc1Br. The van der Waals surface area contributed by atoms with Gasteiger partial charge < -0.3 is 19.3 Å². The minimum absolute atomic E-state index is 0.197. The van der Waals surface area contributed by atoms with Crippen LogP contribution in [0.2, 0.25) is 0 Å². The Labute approximate surface area is 107 Å². The molecular formula is C11H12BrNO4. The lowest BCUT2D eigenvalue weighted by molar-refractivity contribution is 0.00842. The van der Waals surface area contributed by atoms with Gasteiger partial charge in [0.15, 0.2) is 11.9 Å². The van der Waals surface area contributed by atoms with Crippen LogP contribution in [0.3, 0.4) is 0 Å². The first-order chi connectivity index (χ1) is 8.25. The topological polar surface area (TPSA) is 60.8 Å². The summed E-state index contributed by atoms with van der Waals surface area (Å²) < 4.78 is 17.4. The molecule has 6 heteroatoms. The van der Waals surface area contributed by atoms with Crippen molar-refractivity contribution in [2.45, 2.75) is 24.4 Å². The van der Waals surface area contributed by atoms with Crippen LogP contribution in [0.25, 0.3) is 0 Å². The fourth-order valence-electron chi connectivity index (χ4n) is 2.17. The zero-order chi connectivity index (χ0) is 11.8. The van der Waals surface area contributed by atoms with E-state index in [0.29, 0.717) is 23.6 Å². The molecule has 0 amide bonds. The summed E-state index contributed by atoms with van der Waals surface area (Å²) in [6, 6.07) is 3.63. The van der Waals surface area contributed by atoms with Crippen molar-refractivity contribution < 1.29 is 19.3 Å². The molecule has 92 valence electrons. The Hall–Kier alpha value is -0.690. The third-order valence-electron chi connectivity index (χ3n) is 2.99. The number of aliphatic hydroxyl groups excluding tert-OH is 1. The first-order valence-electron chi connectivity index (χ1n) is 5.44. The van der Waals surface area contributed by atoms with Crippen molar-refractivity contribution in [3.8, 4) is 5.75 Å². The van der Waals surface area contributed by atoms with Gasteiger partial charge in [0.1, 0.15) is 22.9 Å². The standard InChI is InChI=1S/C11H12BrNO4/c12-11-7(2-1-3-13-11)17-8-5-16-9-6(14)4-15-10(8)9/h1-3,6,8-10,14H,4-5H2/t6-,8+,9+,10+/m0/s1. The van der Waals surface area contributed by atoms with E-state index < -0.39 is 6.10 Å². The van der Waals surface area contributed by atoms with Crippen molar-refractivity contribution in [1.82, 2.24) is 4.98 Å². The van der Waals surface area contributed by atoms with Crippen molar-refractivity contribution >= 4 is 15.9 Å². The van der Waals surface area contributed by atoms with Gasteiger partial charge in [-0.15, -0.1) is 0 Å². The highest BCUT2D eigenvalue weighted by Crippen LogP contribution is 2.31. The average molecular weight is 302 g/mol. The lowest BCUT2D eigenvalue weighted by Gasteiger charge is -2.18. The minimum atomic E-state index is -0.550. The highest BCUT2D eigenvalue weighted by Gasteiger charge is 2.48. The van der Waals surface area contributed by atoms with Crippen LogP contribution >= 0.6 is 15.9 Å². The maximum absolute atomic E-state index is 9.61. The molecule has 0 bridgehead atoms. The molecule has 1 N–H and O–H groups in total. The number of pyridine rings is 1. The molecule has 2 saturated heterocycles. The number of hydrogen-bond acceptors (Lipinski definition) is 5. The molecule has 2 fully saturated rings. The van der Waals surface area contributed by atoms with Gasteiger partial charge in [-0.2, -0.15) is 0 Å². The fraction of sp³-hybridized carbons (Fsp3) is 0.545. The van der Waals surface area contributed by atoms with Crippen LogP contribution in [0.1, 0.15) is 0 Å². The number of fused-ring (bicyclic) bond motifs is 1. The quantitative estimate of drug-likeness (QED) is 0.817. The van der Waals surface area contributed by atoms with Gasteiger partial charge in [0.25, 0.3) is 0 Å². The third kappa shape index (κ3) is 2.06. The summed E-state index contributed by atoms with van der Waals surface area (Å²) in [5.74, 6) is 0.659. The van der Waals surface area contributed by atoms with E-state index in [9.17, 15) is 5.11 Å². The number of hydrogen-bond donors (Lipinski definition) is 1. The van der Waals surface area contributed by atoms with Crippen molar-refractivity contribution in [2.24, 2.45) is 0 Å². The zero-order valence-corrected chi connectivity index (χ0v) is 10.5. The molecule has 0 saturated carbocycles. The molecule has 2 aliphatic rings. The Morgan fingerprint density at radius 2 is 2.18 bits per heavy atom. The Morgan fingerprint density at radius 3 is 3.00 bits per heavy atom. The van der Waals surface area contributed by atoms with E-state index in [-0.39, 0.29) is 18.3 Å². The Kier molecular flexibility index (Phi) is 3.04. The van der Waals surface area contributed by atoms with E-state index in [2.05, 4.69) is 20.9 Å². The van der Waals surface area contributed by atoms with Gasteiger partial charge in [0.2, 0.25) is 0 Å². The van der Waals surface area contributed by atoms with Crippen LogP contribution in [-0.4, -0.2) is 47.7 Å². The van der Waals surface area contributed by atoms with Crippen LogP contribution < -0.4 is 4.74 Å². The molecule has 0 aromatic carbocycles. The third-order valence-corrected chi connectivity index (χ3v) is 3.58. The predicted molar refractivity (Wildman–Crippen MR) is 61.8 cm³/mol. The van der Waals surface area contributed by atoms with Crippen LogP contribution in [0.5, 0.6) is 5.75 Å².